The summed E-state index contributed by atoms with van der Waals surface area (Å²) in [5.41, 5.74) is 5.55. The third-order valence-electron chi connectivity index (χ3n) is 6.02. The molecule has 0 atom stereocenters. The summed E-state index contributed by atoms with van der Waals surface area (Å²) in [6, 6.07) is 0.755. The smallest absolute Gasteiger partial charge is 0.242 e. The van der Waals surface area contributed by atoms with Gasteiger partial charge in [0.15, 0.2) is 0 Å². The molecule has 1 aliphatic heterocycles. The Labute approximate surface area is 153 Å². The number of carbonyl (C=O) groups excluding carboxylic acids is 1. The highest BCUT2D eigenvalue weighted by Crippen LogP contribution is 2.35. The molecule has 0 unspecified atom stereocenters. The predicted octanol–water partition coefficient (Wildman–Crippen LogP) is 2.68. The number of halogens is 2. The minimum Gasteiger partial charge on any atom is -0.339 e. The second-order valence-electron chi connectivity index (χ2n) is 7.80. The first-order chi connectivity index (χ1) is 9.99. The van der Waals surface area contributed by atoms with Crippen molar-refractivity contribution in [1.82, 2.24) is 9.80 Å². The second kappa shape index (κ2) is 8.37. The SMILES string of the molecule is CC(C)C1CCC(N2CCN(C(=O)C3(N)CC3)CC2)CC1.Cl.Cl. The maximum atomic E-state index is 12.3. The molecule has 3 fully saturated rings. The lowest BCUT2D eigenvalue weighted by Crippen LogP contribution is -2.56. The molecule has 1 amide bonds. The van der Waals surface area contributed by atoms with E-state index in [1.54, 1.807) is 0 Å². The molecule has 3 rings (SSSR count). The van der Waals surface area contributed by atoms with Crippen molar-refractivity contribution >= 4 is 30.7 Å². The summed E-state index contributed by atoms with van der Waals surface area (Å²) in [7, 11) is 0. The first-order valence-corrected chi connectivity index (χ1v) is 8.82. The van der Waals surface area contributed by atoms with Crippen molar-refractivity contribution in [3.05, 3.63) is 0 Å². The summed E-state index contributed by atoms with van der Waals surface area (Å²) in [6.07, 6.45) is 7.21. The maximum Gasteiger partial charge on any atom is 0.242 e. The fourth-order valence-electron chi connectivity index (χ4n) is 4.09. The van der Waals surface area contributed by atoms with E-state index < -0.39 is 5.54 Å². The predicted molar refractivity (Wildman–Crippen MR) is 99.4 cm³/mol. The van der Waals surface area contributed by atoms with Crippen molar-refractivity contribution in [1.29, 1.82) is 0 Å². The van der Waals surface area contributed by atoms with Gasteiger partial charge in [-0.15, -0.1) is 24.8 Å². The summed E-state index contributed by atoms with van der Waals surface area (Å²) in [5.74, 6) is 1.96. The van der Waals surface area contributed by atoms with Crippen LogP contribution in [0.2, 0.25) is 0 Å². The van der Waals surface area contributed by atoms with Crippen LogP contribution in [0.1, 0.15) is 52.4 Å². The van der Waals surface area contributed by atoms with Crippen LogP contribution >= 0.6 is 24.8 Å². The monoisotopic (exact) mass is 365 g/mol. The van der Waals surface area contributed by atoms with Gasteiger partial charge in [-0.25, -0.2) is 0 Å². The molecule has 0 aromatic rings. The number of amides is 1. The van der Waals surface area contributed by atoms with Crippen molar-refractivity contribution in [2.24, 2.45) is 17.6 Å². The molecule has 1 heterocycles. The maximum absolute atomic E-state index is 12.3. The quantitative estimate of drug-likeness (QED) is 0.836. The standard InChI is InChI=1S/C17H31N3O.2ClH/c1-13(2)14-3-5-15(6-4-14)19-9-11-20(12-10-19)16(21)17(18)7-8-17;;/h13-15H,3-12,18H2,1-2H3;2*1H. The van der Waals surface area contributed by atoms with Crippen molar-refractivity contribution in [3.8, 4) is 0 Å². The van der Waals surface area contributed by atoms with Crippen molar-refractivity contribution in [3.63, 3.8) is 0 Å². The van der Waals surface area contributed by atoms with Gasteiger partial charge < -0.3 is 10.6 Å². The zero-order valence-electron chi connectivity index (χ0n) is 14.5. The van der Waals surface area contributed by atoms with Crippen LogP contribution in [0.25, 0.3) is 0 Å². The summed E-state index contributed by atoms with van der Waals surface area (Å²) < 4.78 is 0. The fraction of sp³-hybridized carbons (Fsp3) is 0.941. The van der Waals surface area contributed by atoms with Gasteiger partial charge in [-0.1, -0.05) is 13.8 Å². The van der Waals surface area contributed by atoms with Crippen LogP contribution in [0.3, 0.4) is 0 Å². The lowest BCUT2D eigenvalue weighted by molar-refractivity contribution is -0.135. The Balaban J connectivity index is 0.00000132. The van der Waals surface area contributed by atoms with E-state index in [0.29, 0.717) is 0 Å². The van der Waals surface area contributed by atoms with Crippen LogP contribution < -0.4 is 5.73 Å². The van der Waals surface area contributed by atoms with Gasteiger partial charge in [-0.3, -0.25) is 9.69 Å². The zero-order chi connectivity index (χ0) is 15.0. The van der Waals surface area contributed by atoms with Gasteiger partial charge in [0.25, 0.3) is 0 Å². The van der Waals surface area contributed by atoms with Gasteiger partial charge in [0, 0.05) is 32.2 Å². The summed E-state index contributed by atoms with van der Waals surface area (Å²) in [4.78, 5) is 16.9. The van der Waals surface area contributed by atoms with Crippen molar-refractivity contribution < 1.29 is 4.79 Å². The van der Waals surface area contributed by atoms with Crippen molar-refractivity contribution in [2.75, 3.05) is 26.2 Å². The molecule has 0 aromatic carbocycles. The molecule has 4 nitrogen and oxygen atoms in total. The van der Waals surface area contributed by atoms with E-state index in [1.165, 1.54) is 25.7 Å². The van der Waals surface area contributed by atoms with E-state index in [4.69, 9.17) is 5.73 Å². The van der Waals surface area contributed by atoms with Crippen LogP contribution in [-0.4, -0.2) is 53.5 Å². The Morgan fingerprint density at radius 1 is 1.00 bits per heavy atom. The van der Waals surface area contributed by atoms with E-state index >= 15 is 0 Å². The van der Waals surface area contributed by atoms with Gasteiger partial charge in [0.1, 0.15) is 0 Å². The van der Waals surface area contributed by atoms with Crippen LogP contribution in [-0.2, 0) is 4.79 Å². The molecule has 0 spiro atoms. The minimum atomic E-state index is -0.489. The highest BCUT2D eigenvalue weighted by Gasteiger charge is 2.48. The lowest BCUT2D eigenvalue weighted by Gasteiger charge is -2.43. The Morgan fingerprint density at radius 2 is 1.52 bits per heavy atom. The zero-order valence-corrected chi connectivity index (χ0v) is 16.1. The molecule has 2 N–H and O–H groups in total. The van der Waals surface area contributed by atoms with Crippen LogP contribution in [0, 0.1) is 11.8 Å². The van der Waals surface area contributed by atoms with Gasteiger partial charge in [0.2, 0.25) is 5.91 Å². The van der Waals surface area contributed by atoms with E-state index in [2.05, 4.69) is 18.7 Å². The molecular formula is C17H33Cl2N3O. The molecule has 23 heavy (non-hydrogen) atoms. The lowest BCUT2D eigenvalue weighted by atomic mass is 9.79. The number of nitrogens with zero attached hydrogens (tertiary/aromatic N) is 2. The number of hydrogen-bond acceptors (Lipinski definition) is 3. The molecule has 0 bridgehead atoms. The Bertz CT molecular complexity index is 385. The third kappa shape index (κ3) is 4.75. The van der Waals surface area contributed by atoms with Gasteiger partial charge in [-0.2, -0.15) is 0 Å². The summed E-state index contributed by atoms with van der Waals surface area (Å²) in [5, 5.41) is 0. The number of carbonyl (C=O) groups is 1. The second-order valence-corrected chi connectivity index (χ2v) is 7.80. The fourth-order valence-corrected chi connectivity index (χ4v) is 4.09. The first-order valence-electron chi connectivity index (χ1n) is 8.82. The molecule has 6 heteroatoms. The molecule has 1 saturated heterocycles. The summed E-state index contributed by atoms with van der Waals surface area (Å²) >= 11 is 0. The number of nitrogens with two attached hydrogens (primary N) is 1. The largest absolute Gasteiger partial charge is 0.339 e. The number of piperazine rings is 1. The number of rotatable bonds is 3. The molecule has 3 aliphatic rings. The molecule has 2 aliphatic carbocycles. The van der Waals surface area contributed by atoms with E-state index in [-0.39, 0.29) is 30.7 Å². The van der Waals surface area contributed by atoms with Crippen LogP contribution in [0.4, 0.5) is 0 Å². The van der Waals surface area contributed by atoms with E-state index in [0.717, 1.165) is 56.9 Å². The molecular weight excluding hydrogens is 333 g/mol. The Kier molecular flexibility index (Phi) is 7.65. The van der Waals surface area contributed by atoms with Crippen molar-refractivity contribution in [2.45, 2.75) is 64.0 Å². The Morgan fingerprint density at radius 3 is 1.96 bits per heavy atom. The summed E-state index contributed by atoms with van der Waals surface area (Å²) in [6.45, 7) is 8.55. The molecule has 2 saturated carbocycles. The normalized spacial score (nSPS) is 30.3. The molecule has 0 radical (unpaired) electrons. The first kappa shape index (κ1) is 21.0. The topological polar surface area (TPSA) is 49.6 Å². The Hall–Kier alpha value is -0.0300. The average molecular weight is 366 g/mol. The van der Waals surface area contributed by atoms with E-state index in [9.17, 15) is 4.79 Å². The average Bonchev–Trinajstić information content (AvgIpc) is 3.26. The van der Waals surface area contributed by atoms with Crippen LogP contribution in [0.15, 0.2) is 0 Å². The minimum absolute atomic E-state index is 0. The number of hydrogen-bond donors (Lipinski definition) is 1. The highest BCUT2D eigenvalue weighted by molar-refractivity contribution is 5.89. The van der Waals surface area contributed by atoms with Crippen LogP contribution in [0.5, 0.6) is 0 Å². The van der Waals surface area contributed by atoms with Gasteiger partial charge in [-0.05, 0) is 50.4 Å². The highest BCUT2D eigenvalue weighted by atomic mass is 35.5. The molecule has 0 aromatic heterocycles. The van der Waals surface area contributed by atoms with Gasteiger partial charge in [0.05, 0.1) is 5.54 Å². The van der Waals surface area contributed by atoms with E-state index in [1.807, 2.05) is 4.90 Å². The third-order valence-corrected chi connectivity index (χ3v) is 6.02. The molecule has 136 valence electrons. The van der Waals surface area contributed by atoms with Gasteiger partial charge >= 0.3 is 0 Å².